The van der Waals surface area contributed by atoms with Gasteiger partial charge in [0, 0.05) is 5.56 Å². The van der Waals surface area contributed by atoms with E-state index in [0.29, 0.717) is 16.4 Å². The number of anilines is 1. The van der Waals surface area contributed by atoms with Crippen LogP contribution in [0.3, 0.4) is 0 Å². The number of fused-ring (bicyclic) bond motifs is 1. The highest BCUT2D eigenvalue weighted by Gasteiger charge is 2.14. The second-order valence-corrected chi connectivity index (χ2v) is 5.98. The summed E-state index contributed by atoms with van der Waals surface area (Å²) in [7, 11) is 0. The van der Waals surface area contributed by atoms with Crippen LogP contribution in [0.1, 0.15) is 0 Å². The average molecular weight is 336 g/mol. The molecule has 5 heteroatoms. The summed E-state index contributed by atoms with van der Waals surface area (Å²) < 4.78 is 0. The summed E-state index contributed by atoms with van der Waals surface area (Å²) in [4.78, 5) is 7.54. The highest BCUT2D eigenvalue weighted by atomic mass is 35.5. The van der Waals surface area contributed by atoms with Gasteiger partial charge in [-0.1, -0.05) is 41.9 Å². The Hall–Kier alpha value is -2.98. The fraction of sp³-hybridized carbons (Fsp3) is 0. The van der Waals surface area contributed by atoms with Crippen LogP contribution in [0.15, 0.2) is 60.7 Å². The molecule has 0 saturated carbocycles. The number of phenols is 1. The van der Waals surface area contributed by atoms with Crippen molar-refractivity contribution in [3.05, 3.63) is 65.7 Å². The van der Waals surface area contributed by atoms with E-state index in [9.17, 15) is 5.11 Å². The Kier molecular flexibility index (Phi) is 3.40. The molecule has 118 valence electrons. The first-order chi connectivity index (χ1) is 11.6. The molecule has 2 aromatic carbocycles. The maximum absolute atomic E-state index is 10.4. The number of halogens is 1. The largest absolute Gasteiger partial charge is 0.506 e. The Labute approximate surface area is 143 Å². The minimum Gasteiger partial charge on any atom is -0.506 e. The van der Waals surface area contributed by atoms with Gasteiger partial charge < -0.3 is 15.8 Å². The molecule has 4 aromatic rings. The van der Waals surface area contributed by atoms with Gasteiger partial charge in [-0.15, -0.1) is 0 Å². The minimum absolute atomic E-state index is 0.0378. The number of hydrogen-bond donors (Lipinski definition) is 3. The van der Waals surface area contributed by atoms with Gasteiger partial charge in [-0.25, -0.2) is 4.98 Å². The molecular formula is C19H14ClN3O. The zero-order chi connectivity index (χ0) is 16.7. The van der Waals surface area contributed by atoms with Crippen LogP contribution in [0.4, 0.5) is 5.82 Å². The third-order valence-corrected chi connectivity index (χ3v) is 4.25. The molecule has 0 unspecified atom stereocenters. The SMILES string of the molecule is Nc1ccc2[nH]c(-c3cc(-c4ccccc4)cc(Cl)c3O)cc2n1. The number of hydrogen-bond acceptors (Lipinski definition) is 3. The van der Waals surface area contributed by atoms with Gasteiger partial charge in [-0.05, 0) is 41.5 Å². The lowest BCUT2D eigenvalue weighted by molar-refractivity contribution is 0.477. The molecule has 0 bridgehead atoms. The molecule has 0 fully saturated rings. The number of phenolic OH excluding ortho intramolecular Hbond substituents is 1. The summed E-state index contributed by atoms with van der Waals surface area (Å²) in [5, 5.41) is 10.7. The highest BCUT2D eigenvalue weighted by molar-refractivity contribution is 6.32. The molecule has 2 aromatic heterocycles. The van der Waals surface area contributed by atoms with Crippen molar-refractivity contribution >= 4 is 28.5 Å². The number of nitrogens with one attached hydrogen (secondary N) is 1. The Bertz CT molecular complexity index is 1040. The molecule has 0 amide bonds. The van der Waals surface area contributed by atoms with Crippen LogP contribution in [-0.4, -0.2) is 15.1 Å². The first-order valence-electron chi connectivity index (χ1n) is 7.45. The van der Waals surface area contributed by atoms with E-state index in [1.54, 1.807) is 12.1 Å². The fourth-order valence-electron chi connectivity index (χ4n) is 2.77. The molecule has 0 aliphatic heterocycles. The van der Waals surface area contributed by atoms with Crippen molar-refractivity contribution in [3.63, 3.8) is 0 Å². The van der Waals surface area contributed by atoms with Gasteiger partial charge >= 0.3 is 0 Å². The predicted molar refractivity (Wildman–Crippen MR) is 98.1 cm³/mol. The Balaban J connectivity index is 1.91. The fourth-order valence-corrected chi connectivity index (χ4v) is 2.99. The van der Waals surface area contributed by atoms with Crippen molar-refractivity contribution in [1.29, 1.82) is 0 Å². The summed E-state index contributed by atoms with van der Waals surface area (Å²) in [5.74, 6) is 0.490. The van der Waals surface area contributed by atoms with E-state index >= 15 is 0 Å². The first kappa shape index (κ1) is 14.6. The van der Waals surface area contributed by atoms with E-state index in [0.717, 1.165) is 27.9 Å². The number of aromatic nitrogens is 2. The number of nitrogens with two attached hydrogens (primary N) is 1. The molecule has 0 aliphatic rings. The van der Waals surface area contributed by atoms with Crippen molar-refractivity contribution in [2.24, 2.45) is 0 Å². The zero-order valence-electron chi connectivity index (χ0n) is 12.6. The summed E-state index contributed by atoms with van der Waals surface area (Å²) in [6, 6.07) is 19.0. The van der Waals surface area contributed by atoms with Crippen molar-refractivity contribution in [3.8, 4) is 28.1 Å². The third kappa shape index (κ3) is 2.47. The van der Waals surface area contributed by atoms with E-state index in [2.05, 4.69) is 9.97 Å². The van der Waals surface area contributed by atoms with Crippen molar-refractivity contribution in [2.75, 3.05) is 5.73 Å². The highest BCUT2D eigenvalue weighted by Crippen LogP contribution is 2.39. The maximum Gasteiger partial charge on any atom is 0.143 e. The van der Waals surface area contributed by atoms with Crippen LogP contribution in [0.25, 0.3) is 33.4 Å². The van der Waals surface area contributed by atoms with Gasteiger partial charge in [0.2, 0.25) is 0 Å². The summed E-state index contributed by atoms with van der Waals surface area (Å²) >= 11 is 6.24. The molecule has 0 atom stereocenters. The van der Waals surface area contributed by atoms with Crippen molar-refractivity contribution in [1.82, 2.24) is 9.97 Å². The maximum atomic E-state index is 10.4. The molecule has 4 N–H and O–H groups in total. The van der Waals surface area contributed by atoms with Gasteiger partial charge in [0.05, 0.1) is 21.7 Å². The van der Waals surface area contributed by atoms with Gasteiger partial charge in [-0.2, -0.15) is 0 Å². The van der Waals surface area contributed by atoms with Crippen LogP contribution in [0.5, 0.6) is 5.75 Å². The van der Waals surface area contributed by atoms with Crippen molar-refractivity contribution in [2.45, 2.75) is 0 Å². The van der Waals surface area contributed by atoms with E-state index in [1.165, 1.54) is 0 Å². The molecule has 24 heavy (non-hydrogen) atoms. The molecule has 2 heterocycles. The van der Waals surface area contributed by atoms with Crippen LogP contribution in [0.2, 0.25) is 5.02 Å². The normalized spacial score (nSPS) is 11.0. The zero-order valence-corrected chi connectivity index (χ0v) is 13.4. The number of H-pyrrole nitrogens is 1. The quantitative estimate of drug-likeness (QED) is 0.490. The predicted octanol–water partition coefficient (Wildman–Crippen LogP) is 4.84. The van der Waals surface area contributed by atoms with E-state index in [-0.39, 0.29) is 5.75 Å². The van der Waals surface area contributed by atoms with Crippen LogP contribution >= 0.6 is 11.6 Å². The van der Waals surface area contributed by atoms with Crippen LogP contribution in [-0.2, 0) is 0 Å². The number of benzene rings is 2. The van der Waals surface area contributed by atoms with E-state index in [4.69, 9.17) is 17.3 Å². The second kappa shape index (κ2) is 5.58. The Morgan fingerprint density at radius 3 is 2.54 bits per heavy atom. The van der Waals surface area contributed by atoms with E-state index < -0.39 is 0 Å². The van der Waals surface area contributed by atoms with Gasteiger partial charge in [0.15, 0.2) is 0 Å². The molecule has 0 aliphatic carbocycles. The summed E-state index contributed by atoms with van der Waals surface area (Å²) in [6.07, 6.45) is 0. The number of rotatable bonds is 2. The first-order valence-corrected chi connectivity index (χ1v) is 7.83. The molecule has 4 nitrogen and oxygen atoms in total. The monoisotopic (exact) mass is 335 g/mol. The number of aromatic amines is 1. The van der Waals surface area contributed by atoms with Gasteiger partial charge in [-0.3, -0.25) is 0 Å². The van der Waals surface area contributed by atoms with Gasteiger partial charge in [0.25, 0.3) is 0 Å². The van der Waals surface area contributed by atoms with E-state index in [1.807, 2.05) is 48.5 Å². The minimum atomic E-state index is 0.0378. The molecule has 0 radical (unpaired) electrons. The second-order valence-electron chi connectivity index (χ2n) is 5.57. The third-order valence-electron chi connectivity index (χ3n) is 3.96. The molecular weight excluding hydrogens is 322 g/mol. The summed E-state index contributed by atoms with van der Waals surface area (Å²) in [6.45, 7) is 0. The lowest BCUT2D eigenvalue weighted by Gasteiger charge is -2.09. The number of nitrogen functional groups attached to an aromatic ring is 1. The smallest absolute Gasteiger partial charge is 0.143 e. The Morgan fingerprint density at radius 1 is 0.958 bits per heavy atom. The van der Waals surface area contributed by atoms with Crippen LogP contribution in [0, 0.1) is 0 Å². The topological polar surface area (TPSA) is 74.9 Å². The Morgan fingerprint density at radius 2 is 1.75 bits per heavy atom. The lowest BCUT2D eigenvalue weighted by atomic mass is 10.0. The number of pyridine rings is 1. The average Bonchev–Trinajstić information content (AvgIpc) is 3.00. The molecule has 0 spiro atoms. The van der Waals surface area contributed by atoms with Crippen molar-refractivity contribution < 1.29 is 5.11 Å². The number of nitrogens with zero attached hydrogens (tertiary/aromatic N) is 1. The number of aromatic hydroxyl groups is 1. The van der Waals surface area contributed by atoms with Gasteiger partial charge in [0.1, 0.15) is 11.6 Å². The standard InChI is InChI=1S/C19H14ClN3O/c20-14-9-12(11-4-2-1-3-5-11)8-13(19(14)24)16-10-17-15(22-16)6-7-18(21)23-17/h1-10,22,24H,(H2,21,23). The van der Waals surface area contributed by atoms with Crippen LogP contribution < -0.4 is 5.73 Å². The summed E-state index contributed by atoms with van der Waals surface area (Å²) in [5.41, 5.74) is 10.6. The molecule has 0 saturated heterocycles. The molecule has 4 rings (SSSR count). The lowest BCUT2D eigenvalue weighted by Crippen LogP contribution is -1.87.